The lowest BCUT2D eigenvalue weighted by atomic mass is 9.87. The van der Waals surface area contributed by atoms with Gasteiger partial charge < -0.3 is 14.4 Å². The first-order valence-corrected chi connectivity index (χ1v) is 7.62. The number of nitrogens with zero attached hydrogens (tertiary/aromatic N) is 1. The lowest BCUT2D eigenvalue weighted by Crippen LogP contribution is -2.28. The SMILES string of the molecule is COc1ccc2c(c1OC)N(C)C(=O)C1=CC(C)(C)C[C@@H]1C2. The highest BCUT2D eigenvalue weighted by Gasteiger charge is 2.40. The fourth-order valence-electron chi connectivity index (χ4n) is 3.81. The van der Waals surface area contributed by atoms with Gasteiger partial charge in [-0.2, -0.15) is 0 Å². The van der Waals surface area contributed by atoms with Gasteiger partial charge in [0.1, 0.15) is 0 Å². The maximum absolute atomic E-state index is 12.9. The average molecular weight is 301 g/mol. The predicted molar refractivity (Wildman–Crippen MR) is 86.6 cm³/mol. The van der Waals surface area contributed by atoms with Crippen LogP contribution in [0.1, 0.15) is 25.8 Å². The molecule has 0 saturated heterocycles. The first-order valence-electron chi connectivity index (χ1n) is 7.62. The minimum Gasteiger partial charge on any atom is -0.493 e. The fraction of sp³-hybridized carbons (Fsp3) is 0.500. The van der Waals surface area contributed by atoms with E-state index in [0.717, 1.165) is 29.7 Å². The molecule has 1 aromatic carbocycles. The Morgan fingerprint density at radius 2 is 1.95 bits per heavy atom. The van der Waals surface area contributed by atoms with Crippen LogP contribution in [0.25, 0.3) is 0 Å². The molecule has 0 unspecified atom stereocenters. The van der Waals surface area contributed by atoms with Crippen molar-refractivity contribution in [3.63, 3.8) is 0 Å². The Labute approximate surface area is 131 Å². The summed E-state index contributed by atoms with van der Waals surface area (Å²) in [6, 6.07) is 3.97. The third-order valence-corrected chi connectivity index (χ3v) is 4.71. The van der Waals surface area contributed by atoms with Gasteiger partial charge in [0.15, 0.2) is 11.5 Å². The molecule has 0 aromatic heterocycles. The minimum atomic E-state index is 0.0703. The van der Waals surface area contributed by atoms with Crippen molar-refractivity contribution in [2.45, 2.75) is 26.7 Å². The number of carbonyl (C=O) groups excluding carboxylic acids is 1. The van der Waals surface area contributed by atoms with E-state index in [-0.39, 0.29) is 17.2 Å². The highest BCUT2D eigenvalue weighted by atomic mass is 16.5. The number of amides is 1. The Kier molecular flexibility index (Phi) is 3.42. The molecule has 2 aliphatic rings. The zero-order valence-electron chi connectivity index (χ0n) is 13.9. The molecule has 0 fully saturated rings. The van der Waals surface area contributed by atoms with E-state index in [1.165, 1.54) is 0 Å². The van der Waals surface area contributed by atoms with Gasteiger partial charge in [0.2, 0.25) is 0 Å². The number of benzene rings is 1. The van der Waals surface area contributed by atoms with Crippen LogP contribution in [-0.4, -0.2) is 27.2 Å². The summed E-state index contributed by atoms with van der Waals surface area (Å²) in [5.41, 5.74) is 2.99. The van der Waals surface area contributed by atoms with Crippen LogP contribution in [0.3, 0.4) is 0 Å². The number of carbonyl (C=O) groups is 1. The number of anilines is 1. The Hall–Kier alpha value is -1.97. The zero-order valence-corrected chi connectivity index (χ0v) is 13.9. The summed E-state index contributed by atoms with van der Waals surface area (Å²) in [6.07, 6.45) is 4.02. The fourth-order valence-corrected chi connectivity index (χ4v) is 3.81. The lowest BCUT2D eigenvalue weighted by Gasteiger charge is -2.23. The second-order valence-corrected chi connectivity index (χ2v) is 6.87. The first-order chi connectivity index (χ1) is 10.4. The molecule has 0 bridgehead atoms. The van der Waals surface area contributed by atoms with E-state index >= 15 is 0 Å². The smallest absolute Gasteiger partial charge is 0.254 e. The van der Waals surface area contributed by atoms with Crippen LogP contribution in [0.5, 0.6) is 11.5 Å². The third-order valence-electron chi connectivity index (χ3n) is 4.71. The highest BCUT2D eigenvalue weighted by molar-refractivity contribution is 6.08. The molecule has 1 aliphatic carbocycles. The number of rotatable bonds is 2. The molecule has 0 N–H and O–H groups in total. The van der Waals surface area contributed by atoms with Gasteiger partial charge >= 0.3 is 0 Å². The molecule has 4 nitrogen and oxygen atoms in total. The number of methoxy groups -OCH3 is 2. The van der Waals surface area contributed by atoms with E-state index in [1.54, 1.807) is 19.1 Å². The molecule has 0 radical (unpaired) electrons. The lowest BCUT2D eigenvalue weighted by molar-refractivity contribution is -0.115. The Bertz CT molecular complexity index is 661. The van der Waals surface area contributed by atoms with Crippen LogP contribution in [0.15, 0.2) is 23.8 Å². The summed E-state index contributed by atoms with van der Waals surface area (Å²) in [4.78, 5) is 14.6. The summed E-state index contributed by atoms with van der Waals surface area (Å²) < 4.78 is 10.9. The van der Waals surface area contributed by atoms with Gasteiger partial charge in [-0.05, 0) is 35.8 Å². The van der Waals surface area contributed by atoms with Gasteiger partial charge in [0, 0.05) is 12.6 Å². The summed E-state index contributed by atoms with van der Waals surface area (Å²) in [7, 11) is 5.05. The predicted octanol–water partition coefficient (Wildman–Crippen LogP) is 3.20. The van der Waals surface area contributed by atoms with E-state index in [1.807, 2.05) is 13.1 Å². The highest BCUT2D eigenvalue weighted by Crippen LogP contribution is 2.48. The van der Waals surface area contributed by atoms with Crippen LogP contribution < -0.4 is 14.4 Å². The van der Waals surface area contributed by atoms with E-state index in [2.05, 4.69) is 26.0 Å². The summed E-state index contributed by atoms with van der Waals surface area (Å²) >= 11 is 0. The van der Waals surface area contributed by atoms with Crippen LogP contribution in [0.2, 0.25) is 0 Å². The van der Waals surface area contributed by atoms with Crippen LogP contribution >= 0.6 is 0 Å². The summed E-state index contributed by atoms with van der Waals surface area (Å²) in [5, 5.41) is 0. The van der Waals surface area contributed by atoms with E-state index in [4.69, 9.17) is 9.47 Å². The van der Waals surface area contributed by atoms with Crippen molar-refractivity contribution < 1.29 is 14.3 Å². The number of ether oxygens (including phenoxy) is 2. The quantitative estimate of drug-likeness (QED) is 0.842. The van der Waals surface area contributed by atoms with Gasteiger partial charge in [-0.25, -0.2) is 0 Å². The molecule has 1 amide bonds. The second kappa shape index (κ2) is 5.04. The topological polar surface area (TPSA) is 38.8 Å². The van der Waals surface area contributed by atoms with Crippen molar-refractivity contribution >= 4 is 11.6 Å². The summed E-state index contributed by atoms with van der Waals surface area (Å²) in [5.74, 6) is 1.64. The van der Waals surface area contributed by atoms with E-state index < -0.39 is 0 Å². The molecular weight excluding hydrogens is 278 g/mol. The molecule has 1 heterocycles. The minimum absolute atomic E-state index is 0.0703. The molecule has 118 valence electrons. The molecule has 1 atom stereocenters. The average Bonchev–Trinajstić information content (AvgIpc) is 2.75. The number of hydrogen-bond donors (Lipinski definition) is 0. The second-order valence-electron chi connectivity index (χ2n) is 6.87. The van der Waals surface area contributed by atoms with Crippen molar-refractivity contribution in [1.29, 1.82) is 0 Å². The number of likely N-dealkylation sites (N-methyl/N-ethyl adjacent to an activating group) is 1. The van der Waals surface area contributed by atoms with Crippen molar-refractivity contribution in [3.8, 4) is 11.5 Å². The van der Waals surface area contributed by atoms with Crippen molar-refractivity contribution in [2.24, 2.45) is 11.3 Å². The third kappa shape index (κ3) is 2.18. The molecule has 22 heavy (non-hydrogen) atoms. The van der Waals surface area contributed by atoms with Crippen LogP contribution in [0, 0.1) is 11.3 Å². The molecular formula is C18H23NO3. The van der Waals surface area contributed by atoms with Gasteiger partial charge in [-0.15, -0.1) is 0 Å². The molecule has 3 rings (SSSR count). The van der Waals surface area contributed by atoms with Gasteiger partial charge in [-0.3, -0.25) is 4.79 Å². The zero-order chi connectivity index (χ0) is 16.1. The van der Waals surface area contributed by atoms with Gasteiger partial charge in [0.25, 0.3) is 5.91 Å². The largest absolute Gasteiger partial charge is 0.493 e. The Balaban J connectivity index is 2.15. The summed E-state index contributed by atoms with van der Waals surface area (Å²) in [6.45, 7) is 4.38. The molecule has 1 aromatic rings. The van der Waals surface area contributed by atoms with Crippen molar-refractivity contribution in [3.05, 3.63) is 29.3 Å². The Morgan fingerprint density at radius 1 is 1.23 bits per heavy atom. The van der Waals surface area contributed by atoms with Crippen molar-refractivity contribution in [1.82, 2.24) is 0 Å². The van der Waals surface area contributed by atoms with E-state index in [0.29, 0.717) is 11.5 Å². The van der Waals surface area contributed by atoms with E-state index in [9.17, 15) is 4.79 Å². The number of hydrogen-bond acceptors (Lipinski definition) is 3. The first kappa shape index (κ1) is 14.9. The normalized spacial score (nSPS) is 22.6. The standard InChI is InChI=1S/C18H23NO3/c1-18(2)9-12-8-11-6-7-14(21-4)16(22-5)15(11)19(3)17(20)13(12)10-18/h6-7,10,12H,8-9H2,1-5H3/t12-/m0/s1. The molecule has 0 saturated carbocycles. The molecule has 4 heteroatoms. The number of allylic oxidation sites excluding steroid dienone is 1. The van der Waals surface area contributed by atoms with Crippen molar-refractivity contribution in [2.75, 3.05) is 26.2 Å². The monoisotopic (exact) mass is 301 g/mol. The van der Waals surface area contributed by atoms with Crippen LogP contribution in [0.4, 0.5) is 5.69 Å². The number of fused-ring (bicyclic) bond motifs is 2. The van der Waals surface area contributed by atoms with Crippen LogP contribution in [-0.2, 0) is 11.2 Å². The maximum Gasteiger partial charge on any atom is 0.254 e. The molecule has 1 aliphatic heterocycles. The molecule has 0 spiro atoms. The van der Waals surface area contributed by atoms with Gasteiger partial charge in [0.05, 0.1) is 19.9 Å². The Morgan fingerprint density at radius 3 is 2.59 bits per heavy atom. The van der Waals surface area contributed by atoms with Gasteiger partial charge in [-0.1, -0.05) is 26.0 Å². The maximum atomic E-state index is 12.9.